The largest absolute Gasteiger partial charge is 0.508 e. The van der Waals surface area contributed by atoms with Crippen molar-refractivity contribution in [2.75, 3.05) is 14.2 Å². The second-order valence-corrected chi connectivity index (χ2v) is 3.88. The van der Waals surface area contributed by atoms with Gasteiger partial charge in [0, 0.05) is 17.8 Å². The van der Waals surface area contributed by atoms with Gasteiger partial charge in [-0.05, 0) is 36.4 Å². The summed E-state index contributed by atoms with van der Waals surface area (Å²) < 4.78 is 10.4. The first kappa shape index (κ1) is 13.0. The number of aromatic hydroxyl groups is 1. The fourth-order valence-electron chi connectivity index (χ4n) is 1.61. The van der Waals surface area contributed by atoms with Crippen LogP contribution in [0.5, 0.6) is 17.2 Å². The van der Waals surface area contributed by atoms with Gasteiger partial charge in [-0.15, -0.1) is 0 Å². The van der Waals surface area contributed by atoms with E-state index in [0.29, 0.717) is 5.75 Å². The number of aliphatic imine (C=N–C) groups is 1. The zero-order chi connectivity index (χ0) is 13.7. The molecule has 0 aliphatic carbocycles. The molecule has 4 heteroatoms. The van der Waals surface area contributed by atoms with Crippen LogP contribution in [0.1, 0.15) is 5.56 Å². The molecule has 0 heterocycles. The van der Waals surface area contributed by atoms with Crippen LogP contribution in [0.4, 0.5) is 5.69 Å². The Bertz CT molecular complexity index is 576. The molecular formula is C15H15NO3. The van der Waals surface area contributed by atoms with Gasteiger partial charge in [0.05, 0.1) is 19.9 Å². The predicted octanol–water partition coefficient (Wildman–Crippen LogP) is 3.16. The smallest absolute Gasteiger partial charge is 0.131 e. The predicted molar refractivity (Wildman–Crippen MR) is 74.9 cm³/mol. The van der Waals surface area contributed by atoms with Crippen molar-refractivity contribution in [3.63, 3.8) is 0 Å². The summed E-state index contributed by atoms with van der Waals surface area (Å²) in [6.45, 7) is 0. The van der Waals surface area contributed by atoms with Crippen molar-refractivity contribution in [2.45, 2.75) is 0 Å². The van der Waals surface area contributed by atoms with Gasteiger partial charge >= 0.3 is 0 Å². The molecule has 0 bridgehead atoms. The van der Waals surface area contributed by atoms with E-state index >= 15 is 0 Å². The number of hydrogen-bond donors (Lipinski definition) is 1. The van der Waals surface area contributed by atoms with Gasteiger partial charge in [-0.25, -0.2) is 0 Å². The Morgan fingerprint density at radius 2 is 1.74 bits per heavy atom. The molecule has 0 unspecified atom stereocenters. The van der Waals surface area contributed by atoms with E-state index in [2.05, 4.69) is 4.99 Å². The van der Waals surface area contributed by atoms with E-state index < -0.39 is 0 Å². The molecule has 1 N–H and O–H groups in total. The molecule has 2 rings (SSSR count). The summed E-state index contributed by atoms with van der Waals surface area (Å²) in [5.74, 6) is 1.65. The summed E-state index contributed by atoms with van der Waals surface area (Å²) in [5.41, 5.74) is 1.62. The Kier molecular flexibility index (Phi) is 4.03. The minimum absolute atomic E-state index is 0.223. The molecule has 0 radical (unpaired) electrons. The second-order valence-electron chi connectivity index (χ2n) is 3.88. The van der Waals surface area contributed by atoms with Crippen molar-refractivity contribution in [3.05, 3.63) is 48.0 Å². The monoisotopic (exact) mass is 257 g/mol. The standard InChI is InChI=1S/C15H15NO3/c1-18-14-8-3-11(15(9-14)19-2)10-16-12-4-6-13(17)7-5-12/h3-10,17H,1-2H3. The van der Waals surface area contributed by atoms with Gasteiger partial charge in [0.15, 0.2) is 0 Å². The Balaban J connectivity index is 2.25. The number of ether oxygens (including phenoxy) is 2. The molecule has 4 nitrogen and oxygen atoms in total. The van der Waals surface area contributed by atoms with E-state index in [9.17, 15) is 5.11 Å². The van der Waals surface area contributed by atoms with Crippen molar-refractivity contribution in [2.24, 2.45) is 4.99 Å². The van der Waals surface area contributed by atoms with Gasteiger partial charge in [-0.2, -0.15) is 0 Å². The molecule has 19 heavy (non-hydrogen) atoms. The van der Waals surface area contributed by atoms with Crippen LogP contribution in [-0.2, 0) is 0 Å². The number of methoxy groups -OCH3 is 2. The lowest BCUT2D eigenvalue weighted by Gasteiger charge is -2.06. The number of phenols is 1. The van der Waals surface area contributed by atoms with Crippen molar-refractivity contribution in [1.29, 1.82) is 0 Å². The van der Waals surface area contributed by atoms with E-state index in [4.69, 9.17) is 9.47 Å². The maximum Gasteiger partial charge on any atom is 0.131 e. The molecule has 0 saturated carbocycles. The minimum atomic E-state index is 0.223. The van der Waals surface area contributed by atoms with Crippen LogP contribution < -0.4 is 9.47 Å². The quantitative estimate of drug-likeness (QED) is 0.856. The van der Waals surface area contributed by atoms with Crippen molar-refractivity contribution in [3.8, 4) is 17.2 Å². The number of benzene rings is 2. The minimum Gasteiger partial charge on any atom is -0.508 e. The first-order valence-corrected chi connectivity index (χ1v) is 5.78. The third kappa shape index (κ3) is 3.25. The first-order chi connectivity index (χ1) is 9.22. The lowest BCUT2D eigenvalue weighted by atomic mass is 10.2. The molecule has 0 atom stereocenters. The van der Waals surface area contributed by atoms with E-state index in [1.54, 1.807) is 50.8 Å². The summed E-state index contributed by atoms with van der Waals surface area (Å²) in [4.78, 5) is 4.32. The van der Waals surface area contributed by atoms with Crippen LogP contribution in [0.25, 0.3) is 0 Å². The normalized spacial score (nSPS) is 10.6. The maximum absolute atomic E-state index is 9.20. The fraction of sp³-hybridized carbons (Fsp3) is 0.133. The molecule has 0 fully saturated rings. The summed E-state index contributed by atoms with van der Waals surface area (Å²) in [5, 5.41) is 9.20. The van der Waals surface area contributed by atoms with E-state index in [1.165, 1.54) is 0 Å². The Morgan fingerprint density at radius 3 is 2.37 bits per heavy atom. The first-order valence-electron chi connectivity index (χ1n) is 5.78. The number of nitrogens with zero attached hydrogens (tertiary/aromatic N) is 1. The van der Waals surface area contributed by atoms with Gasteiger partial charge in [0.25, 0.3) is 0 Å². The van der Waals surface area contributed by atoms with Crippen LogP contribution in [0.3, 0.4) is 0 Å². The van der Waals surface area contributed by atoms with Crippen LogP contribution >= 0.6 is 0 Å². The van der Waals surface area contributed by atoms with Gasteiger partial charge in [-0.1, -0.05) is 0 Å². The van der Waals surface area contributed by atoms with Gasteiger partial charge in [0.2, 0.25) is 0 Å². The Morgan fingerprint density at radius 1 is 1.00 bits per heavy atom. The van der Waals surface area contributed by atoms with Gasteiger partial charge < -0.3 is 14.6 Å². The van der Waals surface area contributed by atoms with E-state index in [-0.39, 0.29) is 5.75 Å². The Labute approximate surface area is 111 Å². The molecule has 0 aliphatic rings. The molecule has 0 aliphatic heterocycles. The molecule has 0 amide bonds. The van der Waals surface area contributed by atoms with Gasteiger partial charge in [-0.3, -0.25) is 4.99 Å². The number of hydrogen-bond acceptors (Lipinski definition) is 4. The molecule has 98 valence electrons. The highest BCUT2D eigenvalue weighted by Crippen LogP contribution is 2.24. The highest BCUT2D eigenvalue weighted by atomic mass is 16.5. The highest BCUT2D eigenvalue weighted by Gasteiger charge is 2.02. The van der Waals surface area contributed by atoms with E-state index in [1.807, 2.05) is 12.1 Å². The average Bonchev–Trinajstić information content (AvgIpc) is 2.46. The SMILES string of the molecule is COc1ccc(C=Nc2ccc(O)cc2)c(OC)c1. The van der Waals surface area contributed by atoms with Crippen molar-refractivity contribution < 1.29 is 14.6 Å². The summed E-state index contributed by atoms with van der Waals surface area (Å²) in [6.07, 6.45) is 1.71. The second kappa shape index (κ2) is 5.91. The molecule has 2 aromatic rings. The zero-order valence-electron chi connectivity index (χ0n) is 10.8. The van der Waals surface area contributed by atoms with Crippen LogP contribution in [0.2, 0.25) is 0 Å². The summed E-state index contributed by atoms with van der Waals surface area (Å²) >= 11 is 0. The highest BCUT2D eigenvalue weighted by molar-refractivity contribution is 5.85. The molecule has 0 spiro atoms. The zero-order valence-corrected chi connectivity index (χ0v) is 10.8. The summed E-state index contributed by atoms with van der Waals surface area (Å²) in [6, 6.07) is 12.2. The molecular weight excluding hydrogens is 242 g/mol. The average molecular weight is 257 g/mol. The van der Waals surface area contributed by atoms with Crippen molar-refractivity contribution in [1.82, 2.24) is 0 Å². The number of rotatable bonds is 4. The molecule has 0 aromatic heterocycles. The van der Waals surface area contributed by atoms with E-state index in [0.717, 1.165) is 17.0 Å². The lowest BCUT2D eigenvalue weighted by Crippen LogP contribution is -1.92. The van der Waals surface area contributed by atoms with Crippen molar-refractivity contribution >= 4 is 11.9 Å². The number of phenolic OH excluding ortho intramolecular Hbond substituents is 1. The van der Waals surface area contributed by atoms with Gasteiger partial charge in [0.1, 0.15) is 17.2 Å². The van der Waals surface area contributed by atoms with Crippen LogP contribution in [0, 0.1) is 0 Å². The molecule has 0 saturated heterocycles. The Hall–Kier alpha value is -2.49. The third-order valence-electron chi connectivity index (χ3n) is 2.64. The van der Waals surface area contributed by atoms with Crippen LogP contribution in [0.15, 0.2) is 47.5 Å². The maximum atomic E-state index is 9.20. The lowest BCUT2D eigenvalue weighted by molar-refractivity contribution is 0.394. The topological polar surface area (TPSA) is 51.0 Å². The summed E-state index contributed by atoms with van der Waals surface area (Å²) in [7, 11) is 3.21. The third-order valence-corrected chi connectivity index (χ3v) is 2.64. The fourth-order valence-corrected chi connectivity index (χ4v) is 1.61. The molecule has 2 aromatic carbocycles. The van der Waals surface area contributed by atoms with Crippen LogP contribution in [-0.4, -0.2) is 25.5 Å².